The van der Waals surface area contributed by atoms with Crippen molar-refractivity contribution < 1.29 is 33.2 Å². The number of nitrogens with zero attached hydrogens (tertiary/aromatic N) is 5. The molecule has 3 fully saturated rings. The van der Waals surface area contributed by atoms with E-state index >= 15 is 4.39 Å². The van der Waals surface area contributed by atoms with Gasteiger partial charge in [-0.1, -0.05) is 13.0 Å². The van der Waals surface area contributed by atoms with Crippen LogP contribution >= 0.6 is 0 Å². The third-order valence-corrected chi connectivity index (χ3v) is 9.34. The van der Waals surface area contributed by atoms with Crippen LogP contribution in [0.3, 0.4) is 0 Å². The second-order valence-corrected chi connectivity index (χ2v) is 12.2. The van der Waals surface area contributed by atoms with Crippen molar-refractivity contribution in [2.75, 3.05) is 44.8 Å². The molecule has 240 valence electrons. The van der Waals surface area contributed by atoms with Gasteiger partial charge >= 0.3 is 6.01 Å². The van der Waals surface area contributed by atoms with Crippen LogP contribution in [0.1, 0.15) is 44.6 Å². The standard InChI is InChI=1S/C26H26F2N4O4.C7H12FN/c1-3-16-19(27)5-4-14-10-15(34)11-17(20(14)16)22-21(28)23-18(12-29-22)24(31-25(30-23)36-2)32-8-6-26(35,13-33)7-9-32;8-6-4-7-2-1-3-9(7)5-6/h4-5,10-12,33-35H,3,6-9,13H2,1-2H3;6-7H,1-5H2. The molecule has 9 nitrogen and oxygen atoms in total. The van der Waals surface area contributed by atoms with Crippen LogP contribution in [0.5, 0.6) is 11.8 Å². The van der Waals surface area contributed by atoms with Crippen LogP contribution in [0.15, 0.2) is 30.5 Å². The van der Waals surface area contributed by atoms with E-state index in [1.54, 1.807) is 13.0 Å². The lowest BCUT2D eigenvalue weighted by atomic mass is 9.92. The molecule has 2 aromatic carbocycles. The van der Waals surface area contributed by atoms with Crippen molar-refractivity contribution in [3.63, 3.8) is 0 Å². The first-order chi connectivity index (χ1) is 21.6. The van der Waals surface area contributed by atoms with Crippen molar-refractivity contribution in [1.29, 1.82) is 0 Å². The summed E-state index contributed by atoms with van der Waals surface area (Å²) in [5.74, 6) is -0.872. The number of pyridine rings is 1. The molecule has 5 heterocycles. The van der Waals surface area contributed by atoms with Crippen molar-refractivity contribution in [2.24, 2.45) is 0 Å². The Hall–Kier alpha value is -3.74. The second-order valence-electron chi connectivity index (χ2n) is 12.2. The minimum atomic E-state index is -1.16. The molecule has 0 aliphatic carbocycles. The number of aliphatic hydroxyl groups excluding tert-OH is 1. The van der Waals surface area contributed by atoms with Crippen molar-refractivity contribution in [3.8, 4) is 23.0 Å². The molecule has 3 saturated heterocycles. The Morgan fingerprint density at radius 2 is 1.89 bits per heavy atom. The van der Waals surface area contributed by atoms with Crippen LogP contribution in [0, 0.1) is 11.6 Å². The van der Waals surface area contributed by atoms with E-state index in [9.17, 15) is 24.1 Å². The van der Waals surface area contributed by atoms with Gasteiger partial charge in [-0.05, 0) is 79.6 Å². The number of phenolic OH excluding ortho intramolecular Hbond substituents is 1. The van der Waals surface area contributed by atoms with Crippen LogP contribution in [0.2, 0.25) is 0 Å². The number of phenols is 1. The van der Waals surface area contributed by atoms with Gasteiger partial charge in [0.1, 0.15) is 34.8 Å². The van der Waals surface area contributed by atoms with Crippen molar-refractivity contribution in [3.05, 3.63) is 47.7 Å². The van der Waals surface area contributed by atoms with Gasteiger partial charge in [-0.2, -0.15) is 9.97 Å². The summed E-state index contributed by atoms with van der Waals surface area (Å²) in [5, 5.41) is 31.6. The lowest BCUT2D eigenvalue weighted by molar-refractivity contribution is -0.0326. The zero-order valence-corrected chi connectivity index (χ0v) is 25.4. The number of piperidine rings is 1. The lowest BCUT2D eigenvalue weighted by Gasteiger charge is -2.37. The molecule has 0 amide bonds. The number of methoxy groups -OCH3 is 1. The number of alkyl halides is 1. The molecule has 0 saturated carbocycles. The molecule has 2 unspecified atom stereocenters. The highest BCUT2D eigenvalue weighted by molar-refractivity contribution is 6.01. The van der Waals surface area contributed by atoms with Gasteiger partial charge in [0.15, 0.2) is 5.82 Å². The fourth-order valence-electron chi connectivity index (χ4n) is 6.89. The molecule has 3 aliphatic rings. The first-order valence-corrected chi connectivity index (χ1v) is 15.5. The van der Waals surface area contributed by atoms with Crippen LogP contribution in [-0.2, 0) is 6.42 Å². The summed E-state index contributed by atoms with van der Waals surface area (Å²) >= 11 is 0. The normalized spacial score (nSPS) is 21.2. The Morgan fingerprint density at radius 1 is 1.11 bits per heavy atom. The quantitative estimate of drug-likeness (QED) is 0.285. The molecule has 7 rings (SSSR count). The van der Waals surface area contributed by atoms with Crippen LogP contribution in [0.25, 0.3) is 32.9 Å². The molecule has 0 bridgehead atoms. The third-order valence-electron chi connectivity index (χ3n) is 9.34. The fourth-order valence-corrected chi connectivity index (χ4v) is 6.89. The van der Waals surface area contributed by atoms with Gasteiger partial charge in [-0.25, -0.2) is 13.2 Å². The zero-order chi connectivity index (χ0) is 31.9. The number of fused-ring (bicyclic) bond motifs is 3. The van der Waals surface area contributed by atoms with Crippen LogP contribution in [0.4, 0.5) is 19.0 Å². The molecule has 2 aromatic heterocycles. The third kappa shape index (κ3) is 5.98. The average Bonchev–Trinajstić information content (AvgIpc) is 3.62. The molecule has 3 N–H and O–H groups in total. The Labute approximate surface area is 259 Å². The van der Waals surface area contributed by atoms with E-state index in [0.717, 1.165) is 13.0 Å². The predicted molar refractivity (Wildman–Crippen MR) is 165 cm³/mol. The van der Waals surface area contributed by atoms with Crippen LogP contribution < -0.4 is 9.64 Å². The van der Waals surface area contributed by atoms with Gasteiger partial charge < -0.3 is 25.0 Å². The number of aliphatic hydroxyl groups is 2. The zero-order valence-electron chi connectivity index (χ0n) is 25.4. The van der Waals surface area contributed by atoms with Gasteiger partial charge in [0.25, 0.3) is 0 Å². The largest absolute Gasteiger partial charge is 0.508 e. The molecular weight excluding hydrogens is 587 g/mol. The van der Waals surface area contributed by atoms with E-state index in [2.05, 4.69) is 19.9 Å². The Bertz CT molecular complexity index is 1700. The number of ether oxygens (including phenoxy) is 1. The number of aromatic hydroxyl groups is 1. The summed E-state index contributed by atoms with van der Waals surface area (Å²) in [6.07, 6.45) is 5.26. The maximum absolute atomic E-state index is 16.1. The number of aromatic nitrogens is 3. The van der Waals surface area contributed by atoms with Gasteiger partial charge in [-0.15, -0.1) is 0 Å². The summed E-state index contributed by atoms with van der Waals surface area (Å²) in [6.45, 7) is 4.08. The van der Waals surface area contributed by atoms with E-state index in [0.29, 0.717) is 72.5 Å². The van der Waals surface area contributed by atoms with Crippen molar-refractivity contribution >= 4 is 27.5 Å². The van der Waals surface area contributed by atoms with Gasteiger partial charge in [-0.3, -0.25) is 9.88 Å². The highest BCUT2D eigenvalue weighted by atomic mass is 19.1. The molecule has 0 spiro atoms. The SMILES string of the molecule is CCc1c(F)ccc2cc(O)cc(-c3ncc4c(N5CCC(O)(CO)CC5)nc(OC)nc4c3F)c12.FC1CC2CCCN2C1. The Balaban J connectivity index is 0.000000337. The number of benzene rings is 2. The molecule has 3 aliphatic heterocycles. The predicted octanol–water partition coefficient (Wildman–Crippen LogP) is 4.92. The smallest absolute Gasteiger partial charge is 0.318 e. The van der Waals surface area contributed by atoms with E-state index in [-0.39, 0.29) is 35.1 Å². The Morgan fingerprint density at radius 3 is 2.58 bits per heavy atom. The summed E-state index contributed by atoms with van der Waals surface area (Å²) in [5.41, 5.74) is -0.622. The van der Waals surface area contributed by atoms with Gasteiger partial charge in [0.2, 0.25) is 0 Å². The number of hydrogen-bond acceptors (Lipinski definition) is 9. The molecule has 4 aromatic rings. The Kier molecular flexibility index (Phi) is 8.73. The van der Waals surface area contributed by atoms with Gasteiger partial charge in [0, 0.05) is 37.4 Å². The molecule has 12 heteroatoms. The lowest BCUT2D eigenvalue weighted by Crippen LogP contribution is -2.47. The number of anilines is 1. The minimum absolute atomic E-state index is 0.0317. The fraction of sp³-hybridized carbons (Fsp3) is 0.485. The highest BCUT2D eigenvalue weighted by Crippen LogP contribution is 2.39. The molecular formula is C33H38F3N5O4. The number of halogens is 3. The first kappa shape index (κ1) is 31.3. The maximum Gasteiger partial charge on any atom is 0.318 e. The summed E-state index contributed by atoms with van der Waals surface area (Å²) in [7, 11) is 1.38. The topological polar surface area (TPSA) is 115 Å². The monoisotopic (exact) mass is 625 g/mol. The van der Waals surface area contributed by atoms with E-state index < -0.39 is 23.4 Å². The van der Waals surface area contributed by atoms with E-state index in [1.165, 1.54) is 44.3 Å². The van der Waals surface area contributed by atoms with Crippen molar-refractivity contribution in [1.82, 2.24) is 19.9 Å². The highest BCUT2D eigenvalue weighted by Gasteiger charge is 2.35. The average molecular weight is 626 g/mol. The van der Waals surface area contributed by atoms with Crippen molar-refractivity contribution in [2.45, 2.75) is 63.3 Å². The molecule has 45 heavy (non-hydrogen) atoms. The minimum Gasteiger partial charge on any atom is -0.508 e. The first-order valence-electron chi connectivity index (χ1n) is 15.5. The van der Waals surface area contributed by atoms with E-state index in [4.69, 9.17) is 4.74 Å². The molecule has 0 radical (unpaired) electrons. The number of rotatable bonds is 5. The number of aryl methyl sites for hydroxylation is 1. The van der Waals surface area contributed by atoms with E-state index in [1.807, 2.05) is 4.90 Å². The summed E-state index contributed by atoms with van der Waals surface area (Å²) in [4.78, 5) is 17.2. The second kappa shape index (κ2) is 12.6. The summed E-state index contributed by atoms with van der Waals surface area (Å²) in [6, 6.07) is 6.31. The van der Waals surface area contributed by atoms with Crippen LogP contribution in [-0.4, -0.2) is 92.9 Å². The maximum atomic E-state index is 16.1. The molecule has 2 atom stereocenters. The summed E-state index contributed by atoms with van der Waals surface area (Å²) < 4.78 is 48.6. The van der Waals surface area contributed by atoms with Gasteiger partial charge in [0.05, 0.1) is 24.7 Å². The number of hydrogen-bond donors (Lipinski definition) is 3.